The molecule has 0 radical (unpaired) electrons. The summed E-state index contributed by atoms with van der Waals surface area (Å²) in [6.45, 7) is 2.83. The van der Waals surface area contributed by atoms with Gasteiger partial charge in [-0.3, -0.25) is 0 Å². The zero-order valence-corrected chi connectivity index (χ0v) is 14.1. The van der Waals surface area contributed by atoms with Gasteiger partial charge in [0.15, 0.2) is 0 Å². The van der Waals surface area contributed by atoms with Crippen LogP contribution in [0.4, 0.5) is 0 Å². The van der Waals surface area contributed by atoms with Gasteiger partial charge in [0, 0.05) is 5.56 Å². The third-order valence-corrected chi connectivity index (χ3v) is 3.79. The second-order valence-corrected chi connectivity index (χ2v) is 5.68. The Balaban J connectivity index is 2.19. The monoisotopic (exact) mass is 324 g/mol. The van der Waals surface area contributed by atoms with Crippen LogP contribution in [-0.4, -0.2) is 17.7 Å². The maximum Gasteiger partial charge on any atom is 0.336 e. The molecule has 0 saturated heterocycles. The van der Waals surface area contributed by atoms with Crippen LogP contribution in [0.1, 0.15) is 43.7 Å². The van der Waals surface area contributed by atoms with Crippen molar-refractivity contribution in [2.24, 2.45) is 0 Å². The Hall–Kier alpha value is -2.55. The predicted octanol–water partition coefficient (Wildman–Crippen LogP) is 5.27. The number of benzene rings is 2. The Morgan fingerprint density at radius 3 is 2.42 bits per heavy atom. The molecule has 0 aromatic heterocycles. The van der Waals surface area contributed by atoms with Gasteiger partial charge >= 0.3 is 5.97 Å². The quantitative estimate of drug-likeness (QED) is 0.388. The number of carboxylic acids is 1. The average molecular weight is 324 g/mol. The Bertz CT molecular complexity index is 674. The van der Waals surface area contributed by atoms with E-state index in [-0.39, 0.29) is 5.57 Å². The summed E-state index contributed by atoms with van der Waals surface area (Å²) in [6.07, 6.45) is 6.24. The van der Waals surface area contributed by atoms with Crippen molar-refractivity contribution in [1.82, 2.24) is 0 Å². The van der Waals surface area contributed by atoms with E-state index in [9.17, 15) is 9.90 Å². The fourth-order valence-electron chi connectivity index (χ4n) is 2.48. The molecule has 0 atom stereocenters. The number of hydrogen-bond acceptors (Lipinski definition) is 2. The fraction of sp³-hybridized carbons (Fsp3) is 0.286. The minimum Gasteiger partial charge on any atom is -0.493 e. The minimum atomic E-state index is -0.945. The SMILES string of the molecule is CCCCCCOc1ccccc1/C=C(\C(=O)O)c1ccccc1. The molecule has 1 N–H and O–H groups in total. The van der Waals surface area contributed by atoms with Crippen LogP contribution in [0.15, 0.2) is 54.6 Å². The highest BCUT2D eigenvalue weighted by molar-refractivity contribution is 6.20. The molecule has 24 heavy (non-hydrogen) atoms. The molecule has 0 saturated carbocycles. The summed E-state index contributed by atoms with van der Waals surface area (Å²) < 4.78 is 5.86. The summed E-state index contributed by atoms with van der Waals surface area (Å²) in [6, 6.07) is 16.7. The van der Waals surface area contributed by atoms with E-state index in [1.165, 1.54) is 12.8 Å². The standard InChI is InChI=1S/C21H24O3/c1-2-3-4-10-15-24-20-14-9-8-13-18(20)16-19(21(22)23)17-11-6-5-7-12-17/h5-9,11-14,16H,2-4,10,15H2,1H3,(H,22,23)/b19-16-. The van der Waals surface area contributed by atoms with E-state index in [4.69, 9.17) is 4.74 Å². The molecule has 0 amide bonds. The topological polar surface area (TPSA) is 46.5 Å². The van der Waals surface area contributed by atoms with Crippen LogP contribution in [-0.2, 0) is 4.79 Å². The highest BCUT2D eigenvalue weighted by atomic mass is 16.5. The zero-order valence-electron chi connectivity index (χ0n) is 14.1. The summed E-state index contributed by atoms with van der Waals surface area (Å²) >= 11 is 0. The van der Waals surface area contributed by atoms with Crippen molar-refractivity contribution in [3.8, 4) is 5.75 Å². The number of hydrogen-bond donors (Lipinski definition) is 1. The molecule has 0 fully saturated rings. The molecule has 0 aliphatic carbocycles. The number of para-hydroxylation sites is 1. The lowest BCUT2D eigenvalue weighted by molar-refractivity contribution is -0.130. The molecule has 2 rings (SSSR count). The predicted molar refractivity (Wildman–Crippen MR) is 98.0 cm³/mol. The van der Waals surface area contributed by atoms with Gasteiger partial charge in [0.1, 0.15) is 5.75 Å². The van der Waals surface area contributed by atoms with Gasteiger partial charge in [-0.1, -0.05) is 74.7 Å². The highest BCUT2D eigenvalue weighted by Crippen LogP contribution is 2.25. The molecule has 3 nitrogen and oxygen atoms in total. The Morgan fingerprint density at radius 2 is 1.71 bits per heavy atom. The molecule has 2 aromatic carbocycles. The Kier molecular flexibility index (Phi) is 7.09. The molecule has 126 valence electrons. The smallest absolute Gasteiger partial charge is 0.336 e. The lowest BCUT2D eigenvalue weighted by Gasteiger charge is -2.10. The first-order valence-electron chi connectivity index (χ1n) is 8.44. The number of carbonyl (C=O) groups is 1. The number of carboxylic acid groups (broad SMARTS) is 1. The van der Waals surface area contributed by atoms with Crippen LogP contribution in [0.25, 0.3) is 11.6 Å². The van der Waals surface area contributed by atoms with Gasteiger partial charge in [-0.2, -0.15) is 0 Å². The number of ether oxygens (including phenoxy) is 1. The zero-order chi connectivity index (χ0) is 17.2. The summed E-state index contributed by atoms with van der Waals surface area (Å²) in [5.74, 6) is -0.220. The van der Waals surface area contributed by atoms with Gasteiger partial charge in [0.2, 0.25) is 0 Å². The van der Waals surface area contributed by atoms with Crippen molar-refractivity contribution in [2.45, 2.75) is 32.6 Å². The molecule has 0 bridgehead atoms. The van der Waals surface area contributed by atoms with Crippen molar-refractivity contribution in [2.75, 3.05) is 6.61 Å². The summed E-state index contributed by atoms with van der Waals surface area (Å²) in [4.78, 5) is 11.6. The van der Waals surface area contributed by atoms with Gasteiger partial charge < -0.3 is 9.84 Å². The summed E-state index contributed by atoms with van der Waals surface area (Å²) in [7, 11) is 0. The van der Waals surface area contributed by atoms with Gasteiger partial charge in [-0.05, 0) is 24.1 Å². The largest absolute Gasteiger partial charge is 0.493 e. The molecule has 0 aliphatic rings. The Morgan fingerprint density at radius 1 is 1.00 bits per heavy atom. The number of rotatable bonds is 9. The maximum atomic E-state index is 11.6. The van der Waals surface area contributed by atoms with Crippen LogP contribution in [0.5, 0.6) is 5.75 Å². The third kappa shape index (κ3) is 5.27. The van der Waals surface area contributed by atoms with E-state index in [0.29, 0.717) is 12.2 Å². The first kappa shape index (κ1) is 17.8. The van der Waals surface area contributed by atoms with E-state index in [1.807, 2.05) is 42.5 Å². The summed E-state index contributed by atoms with van der Waals surface area (Å²) in [5.41, 5.74) is 1.73. The molecular formula is C21H24O3. The van der Waals surface area contributed by atoms with E-state index >= 15 is 0 Å². The fourth-order valence-corrected chi connectivity index (χ4v) is 2.48. The normalized spacial score (nSPS) is 11.3. The summed E-state index contributed by atoms with van der Waals surface area (Å²) in [5, 5.41) is 9.54. The Labute approximate surface area is 143 Å². The van der Waals surface area contributed by atoms with Gasteiger partial charge in [0.25, 0.3) is 0 Å². The van der Waals surface area contributed by atoms with Gasteiger partial charge in [0.05, 0.1) is 12.2 Å². The van der Waals surface area contributed by atoms with Crippen LogP contribution in [0, 0.1) is 0 Å². The maximum absolute atomic E-state index is 11.6. The van der Waals surface area contributed by atoms with E-state index in [0.717, 1.165) is 24.2 Å². The van der Waals surface area contributed by atoms with Crippen LogP contribution in [0.3, 0.4) is 0 Å². The molecule has 0 unspecified atom stereocenters. The van der Waals surface area contributed by atoms with Crippen molar-refractivity contribution in [1.29, 1.82) is 0 Å². The van der Waals surface area contributed by atoms with Crippen LogP contribution >= 0.6 is 0 Å². The molecule has 2 aromatic rings. The molecule has 3 heteroatoms. The van der Waals surface area contributed by atoms with Crippen molar-refractivity contribution in [3.63, 3.8) is 0 Å². The van der Waals surface area contributed by atoms with Crippen LogP contribution < -0.4 is 4.74 Å². The van der Waals surface area contributed by atoms with E-state index < -0.39 is 5.97 Å². The lowest BCUT2D eigenvalue weighted by atomic mass is 10.0. The molecule has 0 heterocycles. The highest BCUT2D eigenvalue weighted by Gasteiger charge is 2.11. The van der Waals surface area contributed by atoms with Gasteiger partial charge in [-0.15, -0.1) is 0 Å². The average Bonchev–Trinajstić information content (AvgIpc) is 2.61. The van der Waals surface area contributed by atoms with E-state index in [2.05, 4.69) is 6.92 Å². The number of unbranched alkanes of at least 4 members (excludes halogenated alkanes) is 3. The second kappa shape index (κ2) is 9.56. The van der Waals surface area contributed by atoms with Gasteiger partial charge in [-0.25, -0.2) is 4.79 Å². The molecule has 0 spiro atoms. The van der Waals surface area contributed by atoms with Crippen molar-refractivity contribution >= 4 is 17.6 Å². The van der Waals surface area contributed by atoms with Crippen molar-refractivity contribution < 1.29 is 14.6 Å². The first-order chi connectivity index (χ1) is 11.7. The van der Waals surface area contributed by atoms with Crippen LogP contribution in [0.2, 0.25) is 0 Å². The molecule has 0 aliphatic heterocycles. The lowest BCUT2D eigenvalue weighted by Crippen LogP contribution is -2.01. The third-order valence-electron chi connectivity index (χ3n) is 3.79. The van der Waals surface area contributed by atoms with E-state index in [1.54, 1.807) is 18.2 Å². The number of aliphatic carboxylic acids is 1. The first-order valence-corrected chi connectivity index (χ1v) is 8.44. The second-order valence-electron chi connectivity index (χ2n) is 5.68. The van der Waals surface area contributed by atoms with Crippen molar-refractivity contribution in [3.05, 3.63) is 65.7 Å². The molecular weight excluding hydrogens is 300 g/mol. The minimum absolute atomic E-state index is 0.262.